The van der Waals surface area contributed by atoms with Crippen molar-refractivity contribution >= 4 is 17.6 Å². The molecule has 0 heterocycles. The summed E-state index contributed by atoms with van der Waals surface area (Å²) in [7, 11) is 0. The number of carbonyl (C=O) groups excluding carboxylic acids is 2. The van der Waals surface area contributed by atoms with E-state index in [1.54, 1.807) is 6.07 Å². The summed E-state index contributed by atoms with van der Waals surface area (Å²) in [6.07, 6.45) is 0. The smallest absolute Gasteiger partial charge is 0.344 e. The van der Waals surface area contributed by atoms with Crippen LogP contribution in [0.1, 0.15) is 5.56 Å². The minimum Gasteiger partial charge on any atom is -0.482 e. The number of anilines is 1. The molecule has 0 spiro atoms. The number of esters is 1. The molecule has 1 amide bonds. The summed E-state index contributed by atoms with van der Waals surface area (Å²) in [4.78, 5) is 24.0. The van der Waals surface area contributed by atoms with Crippen LogP contribution in [0.4, 0.5) is 5.69 Å². The monoisotopic (exact) mass is 375 g/mol. The summed E-state index contributed by atoms with van der Waals surface area (Å²) < 4.78 is 10.4. The molecular formula is C23H21NO4. The lowest BCUT2D eigenvalue weighted by atomic mass is 10.0. The summed E-state index contributed by atoms with van der Waals surface area (Å²) in [6, 6.07) is 24.6. The van der Waals surface area contributed by atoms with E-state index in [2.05, 4.69) is 5.32 Å². The summed E-state index contributed by atoms with van der Waals surface area (Å²) in [5.74, 6) is -0.432. The first-order chi connectivity index (χ1) is 13.6. The van der Waals surface area contributed by atoms with Crippen molar-refractivity contribution in [1.29, 1.82) is 0 Å². The third-order valence-electron chi connectivity index (χ3n) is 4.00. The predicted octanol–water partition coefficient (Wildman–Crippen LogP) is 4.22. The van der Waals surface area contributed by atoms with Crippen molar-refractivity contribution < 1.29 is 19.1 Å². The summed E-state index contributed by atoms with van der Waals surface area (Å²) in [6.45, 7) is 1.30. The lowest BCUT2D eigenvalue weighted by Crippen LogP contribution is -2.23. The zero-order valence-electron chi connectivity index (χ0n) is 15.6. The third kappa shape index (κ3) is 5.45. The molecule has 0 fully saturated rings. The SMILES string of the molecule is Cc1cccc(OCC(=O)OCC(=O)Nc2ccccc2-c2ccccc2)c1. The molecule has 0 unspecified atom stereocenters. The molecule has 0 radical (unpaired) electrons. The minimum atomic E-state index is -0.604. The Balaban J connectivity index is 1.52. The number of aryl methyl sites for hydroxylation is 1. The molecule has 0 atom stereocenters. The second-order valence-corrected chi connectivity index (χ2v) is 6.23. The van der Waals surface area contributed by atoms with Gasteiger partial charge in [0.1, 0.15) is 5.75 Å². The first kappa shape index (κ1) is 19.2. The number of rotatable bonds is 7. The van der Waals surface area contributed by atoms with Gasteiger partial charge in [0.2, 0.25) is 0 Å². The van der Waals surface area contributed by atoms with Crippen molar-refractivity contribution in [3.05, 3.63) is 84.4 Å². The maximum absolute atomic E-state index is 12.2. The van der Waals surface area contributed by atoms with Crippen LogP contribution in [-0.4, -0.2) is 25.1 Å². The van der Waals surface area contributed by atoms with Gasteiger partial charge in [0.05, 0.1) is 0 Å². The van der Waals surface area contributed by atoms with E-state index in [0.29, 0.717) is 11.4 Å². The van der Waals surface area contributed by atoms with E-state index in [4.69, 9.17) is 9.47 Å². The first-order valence-corrected chi connectivity index (χ1v) is 8.91. The molecule has 0 saturated carbocycles. The van der Waals surface area contributed by atoms with Gasteiger partial charge >= 0.3 is 5.97 Å². The Labute approximate surface area is 163 Å². The summed E-state index contributed by atoms with van der Waals surface area (Å²) in [5.41, 5.74) is 3.57. The molecular weight excluding hydrogens is 354 g/mol. The molecule has 1 N–H and O–H groups in total. The van der Waals surface area contributed by atoms with Crippen molar-refractivity contribution in [2.24, 2.45) is 0 Å². The number of nitrogens with one attached hydrogen (secondary N) is 1. The molecule has 142 valence electrons. The summed E-state index contributed by atoms with van der Waals surface area (Å²) >= 11 is 0. The van der Waals surface area contributed by atoms with Gasteiger partial charge in [-0.1, -0.05) is 60.7 Å². The Morgan fingerprint density at radius 3 is 2.39 bits per heavy atom. The highest BCUT2D eigenvalue weighted by Crippen LogP contribution is 2.27. The molecule has 5 heteroatoms. The van der Waals surface area contributed by atoms with Crippen molar-refractivity contribution in [3.63, 3.8) is 0 Å². The minimum absolute atomic E-state index is 0.253. The molecule has 0 aliphatic carbocycles. The second-order valence-electron chi connectivity index (χ2n) is 6.23. The molecule has 28 heavy (non-hydrogen) atoms. The van der Waals surface area contributed by atoms with Crippen LogP contribution in [0.5, 0.6) is 5.75 Å². The van der Waals surface area contributed by atoms with E-state index < -0.39 is 11.9 Å². The van der Waals surface area contributed by atoms with E-state index in [9.17, 15) is 9.59 Å². The lowest BCUT2D eigenvalue weighted by Gasteiger charge is -2.12. The molecule has 0 saturated heterocycles. The third-order valence-corrected chi connectivity index (χ3v) is 4.00. The normalized spacial score (nSPS) is 10.2. The Morgan fingerprint density at radius 2 is 1.61 bits per heavy atom. The van der Waals surface area contributed by atoms with Crippen LogP contribution in [0.3, 0.4) is 0 Å². The van der Waals surface area contributed by atoms with Crippen LogP contribution in [0.2, 0.25) is 0 Å². The molecule has 3 aromatic rings. The van der Waals surface area contributed by atoms with E-state index >= 15 is 0 Å². The highest BCUT2D eigenvalue weighted by Gasteiger charge is 2.11. The molecule has 0 aliphatic rings. The van der Waals surface area contributed by atoms with E-state index in [1.807, 2.05) is 79.7 Å². The van der Waals surface area contributed by atoms with Crippen molar-refractivity contribution in [3.8, 4) is 16.9 Å². The van der Waals surface area contributed by atoms with Gasteiger partial charge in [-0.3, -0.25) is 4.79 Å². The van der Waals surface area contributed by atoms with Gasteiger partial charge in [0.25, 0.3) is 5.91 Å². The number of hydrogen-bond acceptors (Lipinski definition) is 4. The zero-order valence-corrected chi connectivity index (χ0v) is 15.6. The fourth-order valence-electron chi connectivity index (χ4n) is 2.68. The predicted molar refractivity (Wildman–Crippen MR) is 108 cm³/mol. The number of para-hydroxylation sites is 1. The Kier molecular flexibility index (Phi) is 6.41. The van der Waals surface area contributed by atoms with Crippen LogP contribution < -0.4 is 10.1 Å². The van der Waals surface area contributed by atoms with Crippen molar-refractivity contribution in [2.75, 3.05) is 18.5 Å². The molecule has 5 nitrogen and oxygen atoms in total. The van der Waals surface area contributed by atoms with Crippen molar-refractivity contribution in [1.82, 2.24) is 0 Å². The van der Waals surface area contributed by atoms with E-state index in [1.165, 1.54) is 0 Å². The van der Waals surface area contributed by atoms with Crippen LogP contribution in [-0.2, 0) is 14.3 Å². The Hall–Kier alpha value is -3.60. The van der Waals surface area contributed by atoms with Gasteiger partial charge in [-0.05, 0) is 36.2 Å². The maximum Gasteiger partial charge on any atom is 0.344 e. The van der Waals surface area contributed by atoms with Gasteiger partial charge in [-0.15, -0.1) is 0 Å². The Morgan fingerprint density at radius 1 is 0.857 bits per heavy atom. The van der Waals surface area contributed by atoms with Gasteiger partial charge in [-0.2, -0.15) is 0 Å². The standard InChI is InChI=1S/C23H21NO4/c1-17-8-7-11-19(14-17)27-16-23(26)28-15-22(25)24-21-13-6-5-12-20(21)18-9-3-2-4-10-18/h2-14H,15-16H2,1H3,(H,24,25). The van der Waals surface area contributed by atoms with Crippen LogP contribution in [0.25, 0.3) is 11.1 Å². The van der Waals surface area contributed by atoms with E-state index in [-0.39, 0.29) is 13.2 Å². The van der Waals surface area contributed by atoms with Crippen LogP contribution in [0.15, 0.2) is 78.9 Å². The van der Waals surface area contributed by atoms with Crippen LogP contribution >= 0.6 is 0 Å². The average molecular weight is 375 g/mol. The number of amides is 1. The van der Waals surface area contributed by atoms with Crippen LogP contribution in [0, 0.1) is 6.92 Å². The molecule has 0 aliphatic heterocycles. The Bertz CT molecular complexity index is 954. The fourth-order valence-corrected chi connectivity index (χ4v) is 2.68. The largest absolute Gasteiger partial charge is 0.482 e. The fraction of sp³-hybridized carbons (Fsp3) is 0.130. The molecule has 0 aromatic heterocycles. The first-order valence-electron chi connectivity index (χ1n) is 8.91. The number of carbonyl (C=O) groups is 2. The zero-order chi connectivity index (χ0) is 19.8. The van der Waals surface area contributed by atoms with Gasteiger partial charge < -0.3 is 14.8 Å². The maximum atomic E-state index is 12.2. The highest BCUT2D eigenvalue weighted by atomic mass is 16.6. The number of benzene rings is 3. The van der Waals surface area contributed by atoms with E-state index in [0.717, 1.165) is 16.7 Å². The van der Waals surface area contributed by atoms with Crippen molar-refractivity contribution in [2.45, 2.75) is 6.92 Å². The molecule has 0 bridgehead atoms. The van der Waals surface area contributed by atoms with Gasteiger partial charge in [0.15, 0.2) is 13.2 Å². The highest BCUT2D eigenvalue weighted by molar-refractivity contribution is 5.96. The average Bonchev–Trinajstić information content (AvgIpc) is 2.72. The number of ether oxygens (including phenoxy) is 2. The molecule has 3 aromatic carbocycles. The van der Waals surface area contributed by atoms with Gasteiger partial charge in [0, 0.05) is 11.3 Å². The quantitative estimate of drug-likeness (QED) is 0.628. The lowest BCUT2D eigenvalue weighted by molar-refractivity contribution is -0.149. The van der Waals surface area contributed by atoms with Gasteiger partial charge in [-0.25, -0.2) is 4.79 Å². The molecule has 3 rings (SSSR count). The topological polar surface area (TPSA) is 64.6 Å². The summed E-state index contributed by atoms with van der Waals surface area (Å²) in [5, 5.41) is 2.79. The second kappa shape index (κ2) is 9.37. The number of hydrogen-bond donors (Lipinski definition) is 1.